The van der Waals surface area contributed by atoms with Gasteiger partial charge in [-0.15, -0.1) is 0 Å². The number of hydrogen-bond acceptors (Lipinski definition) is 3. The van der Waals surface area contributed by atoms with Crippen molar-refractivity contribution in [2.75, 3.05) is 26.3 Å². The normalized spacial score (nSPS) is 25.2. The first kappa shape index (κ1) is 13.6. The predicted octanol–water partition coefficient (Wildman–Crippen LogP) is 1.42. The molecule has 2 aliphatic rings. The zero-order valence-corrected chi connectivity index (χ0v) is 11.7. The maximum absolute atomic E-state index is 12.3. The maximum atomic E-state index is 12.3. The Balaban J connectivity index is 1.55. The second-order valence-electron chi connectivity index (χ2n) is 5.65. The number of benzene rings is 1. The molecule has 108 valence electrons. The number of hydrogen-bond donors (Lipinski definition) is 2. The number of nitrogens with one attached hydrogen (secondary N) is 2. The molecule has 4 nitrogen and oxygen atoms in total. The summed E-state index contributed by atoms with van der Waals surface area (Å²) in [5.74, 6) is 0.706. The zero-order chi connectivity index (χ0) is 13.8. The van der Waals surface area contributed by atoms with E-state index >= 15 is 0 Å². The van der Waals surface area contributed by atoms with E-state index in [0.29, 0.717) is 5.92 Å². The van der Waals surface area contributed by atoms with Crippen molar-refractivity contribution in [1.82, 2.24) is 10.6 Å². The van der Waals surface area contributed by atoms with Crippen LogP contribution in [0, 0.1) is 5.92 Å². The SMILES string of the molecule is O=C(NCCC1CCOC1)C1NCCc2ccccc21. The lowest BCUT2D eigenvalue weighted by molar-refractivity contribution is -0.123. The van der Waals surface area contributed by atoms with E-state index in [0.717, 1.165) is 51.1 Å². The van der Waals surface area contributed by atoms with Crippen LogP contribution in [0.3, 0.4) is 0 Å². The van der Waals surface area contributed by atoms with E-state index in [-0.39, 0.29) is 11.9 Å². The molecule has 2 heterocycles. The van der Waals surface area contributed by atoms with Crippen molar-refractivity contribution in [3.63, 3.8) is 0 Å². The topological polar surface area (TPSA) is 50.4 Å². The van der Waals surface area contributed by atoms with Gasteiger partial charge in [-0.25, -0.2) is 0 Å². The van der Waals surface area contributed by atoms with Crippen molar-refractivity contribution in [1.29, 1.82) is 0 Å². The molecule has 1 aromatic carbocycles. The van der Waals surface area contributed by atoms with Gasteiger partial charge < -0.3 is 15.4 Å². The number of fused-ring (bicyclic) bond motifs is 1. The molecule has 2 atom stereocenters. The van der Waals surface area contributed by atoms with Crippen LogP contribution in [-0.4, -0.2) is 32.2 Å². The van der Waals surface area contributed by atoms with Gasteiger partial charge in [0, 0.05) is 26.3 Å². The molecular formula is C16H22N2O2. The van der Waals surface area contributed by atoms with Crippen LogP contribution in [0.15, 0.2) is 24.3 Å². The van der Waals surface area contributed by atoms with Gasteiger partial charge in [0.2, 0.25) is 5.91 Å². The molecule has 0 radical (unpaired) electrons. The lowest BCUT2D eigenvalue weighted by Gasteiger charge is -2.26. The molecular weight excluding hydrogens is 252 g/mol. The van der Waals surface area contributed by atoms with Gasteiger partial charge in [0.15, 0.2) is 0 Å². The average Bonchev–Trinajstić information content (AvgIpc) is 3.00. The van der Waals surface area contributed by atoms with Crippen molar-refractivity contribution < 1.29 is 9.53 Å². The van der Waals surface area contributed by atoms with E-state index in [1.165, 1.54) is 5.56 Å². The summed E-state index contributed by atoms with van der Waals surface area (Å²) in [4.78, 5) is 12.3. The number of carbonyl (C=O) groups is 1. The molecule has 0 saturated carbocycles. The monoisotopic (exact) mass is 274 g/mol. The Morgan fingerprint density at radius 2 is 2.30 bits per heavy atom. The highest BCUT2D eigenvalue weighted by Gasteiger charge is 2.25. The van der Waals surface area contributed by atoms with Crippen LogP contribution < -0.4 is 10.6 Å². The summed E-state index contributed by atoms with van der Waals surface area (Å²) >= 11 is 0. The molecule has 0 spiro atoms. The summed E-state index contributed by atoms with van der Waals surface area (Å²) in [5.41, 5.74) is 2.41. The maximum Gasteiger partial charge on any atom is 0.241 e. The summed E-state index contributed by atoms with van der Waals surface area (Å²) < 4.78 is 5.35. The molecule has 2 aliphatic heterocycles. The first-order valence-corrected chi connectivity index (χ1v) is 7.51. The Kier molecular flexibility index (Phi) is 4.33. The number of rotatable bonds is 4. The number of ether oxygens (including phenoxy) is 1. The van der Waals surface area contributed by atoms with E-state index < -0.39 is 0 Å². The van der Waals surface area contributed by atoms with Gasteiger partial charge in [0.1, 0.15) is 6.04 Å². The molecule has 4 heteroatoms. The fraction of sp³-hybridized carbons (Fsp3) is 0.562. The highest BCUT2D eigenvalue weighted by atomic mass is 16.5. The van der Waals surface area contributed by atoms with Gasteiger partial charge in [0.25, 0.3) is 0 Å². The fourth-order valence-corrected chi connectivity index (χ4v) is 3.05. The van der Waals surface area contributed by atoms with Gasteiger partial charge in [0.05, 0.1) is 0 Å². The van der Waals surface area contributed by atoms with Gasteiger partial charge in [-0.1, -0.05) is 24.3 Å². The summed E-state index contributed by atoms with van der Waals surface area (Å²) in [5, 5.41) is 6.38. The Hall–Kier alpha value is -1.39. The summed E-state index contributed by atoms with van der Waals surface area (Å²) in [6.07, 6.45) is 3.14. The van der Waals surface area contributed by atoms with Crippen molar-refractivity contribution in [2.45, 2.75) is 25.3 Å². The molecule has 0 aliphatic carbocycles. The van der Waals surface area contributed by atoms with Crippen LogP contribution >= 0.6 is 0 Å². The van der Waals surface area contributed by atoms with Crippen LogP contribution in [0.25, 0.3) is 0 Å². The van der Waals surface area contributed by atoms with Crippen molar-refractivity contribution in [3.8, 4) is 0 Å². The molecule has 2 unspecified atom stereocenters. The van der Waals surface area contributed by atoms with E-state index in [4.69, 9.17) is 4.74 Å². The average molecular weight is 274 g/mol. The van der Waals surface area contributed by atoms with E-state index in [9.17, 15) is 4.79 Å². The highest BCUT2D eigenvalue weighted by molar-refractivity contribution is 5.83. The predicted molar refractivity (Wildman–Crippen MR) is 77.4 cm³/mol. The second kappa shape index (κ2) is 6.37. The Morgan fingerprint density at radius 3 is 3.15 bits per heavy atom. The first-order valence-electron chi connectivity index (χ1n) is 7.51. The van der Waals surface area contributed by atoms with Crippen molar-refractivity contribution >= 4 is 5.91 Å². The second-order valence-corrected chi connectivity index (χ2v) is 5.65. The van der Waals surface area contributed by atoms with Crippen LogP contribution in [-0.2, 0) is 16.0 Å². The third kappa shape index (κ3) is 3.02. The molecule has 1 aromatic rings. The standard InChI is InChI=1S/C16H22N2O2/c19-16(18-8-5-12-7-10-20-11-12)15-14-4-2-1-3-13(14)6-9-17-15/h1-4,12,15,17H,5-11H2,(H,18,19). The lowest BCUT2D eigenvalue weighted by atomic mass is 9.94. The molecule has 20 heavy (non-hydrogen) atoms. The van der Waals surface area contributed by atoms with Crippen LogP contribution in [0.5, 0.6) is 0 Å². The smallest absolute Gasteiger partial charge is 0.241 e. The molecule has 2 N–H and O–H groups in total. The number of carbonyl (C=O) groups excluding carboxylic acids is 1. The fourth-order valence-electron chi connectivity index (χ4n) is 3.05. The minimum absolute atomic E-state index is 0.0936. The van der Waals surface area contributed by atoms with Crippen molar-refractivity contribution in [3.05, 3.63) is 35.4 Å². The van der Waals surface area contributed by atoms with Gasteiger partial charge in [-0.2, -0.15) is 0 Å². The molecule has 0 bridgehead atoms. The van der Waals surface area contributed by atoms with E-state index in [2.05, 4.69) is 22.8 Å². The zero-order valence-electron chi connectivity index (χ0n) is 11.7. The Bertz CT molecular complexity index is 469. The first-order chi connectivity index (χ1) is 9.84. The van der Waals surface area contributed by atoms with Crippen LogP contribution in [0.1, 0.15) is 30.0 Å². The summed E-state index contributed by atoms with van der Waals surface area (Å²) in [6.45, 7) is 3.33. The van der Waals surface area contributed by atoms with Gasteiger partial charge in [-0.3, -0.25) is 4.79 Å². The highest BCUT2D eigenvalue weighted by Crippen LogP contribution is 2.22. The third-order valence-corrected chi connectivity index (χ3v) is 4.25. The summed E-state index contributed by atoms with van der Waals surface area (Å²) in [7, 11) is 0. The largest absolute Gasteiger partial charge is 0.381 e. The van der Waals surface area contributed by atoms with Crippen LogP contribution in [0.2, 0.25) is 0 Å². The molecule has 1 fully saturated rings. The minimum atomic E-state index is -0.195. The molecule has 3 rings (SSSR count). The minimum Gasteiger partial charge on any atom is -0.381 e. The van der Waals surface area contributed by atoms with Crippen LogP contribution in [0.4, 0.5) is 0 Å². The third-order valence-electron chi connectivity index (χ3n) is 4.25. The molecule has 1 amide bonds. The van der Waals surface area contributed by atoms with Gasteiger partial charge in [-0.05, 0) is 36.3 Å². The summed E-state index contributed by atoms with van der Waals surface area (Å²) in [6, 6.07) is 8.02. The quantitative estimate of drug-likeness (QED) is 0.873. The van der Waals surface area contributed by atoms with E-state index in [1.54, 1.807) is 0 Å². The number of amides is 1. The molecule has 1 saturated heterocycles. The Morgan fingerprint density at radius 1 is 1.40 bits per heavy atom. The van der Waals surface area contributed by atoms with E-state index in [1.807, 2.05) is 12.1 Å². The van der Waals surface area contributed by atoms with Crippen molar-refractivity contribution in [2.24, 2.45) is 5.92 Å². The van der Waals surface area contributed by atoms with Gasteiger partial charge >= 0.3 is 0 Å². The molecule has 0 aromatic heterocycles. The Labute approximate surface area is 119 Å². The lowest BCUT2D eigenvalue weighted by Crippen LogP contribution is -2.41.